The van der Waals surface area contributed by atoms with E-state index in [0.29, 0.717) is 11.1 Å². The van der Waals surface area contributed by atoms with Gasteiger partial charge in [-0.1, -0.05) is 18.2 Å². The number of hydrogen-bond donors (Lipinski definition) is 2. The number of esters is 1. The molecule has 1 aliphatic rings. The van der Waals surface area contributed by atoms with Gasteiger partial charge in [0.25, 0.3) is 0 Å². The van der Waals surface area contributed by atoms with Crippen molar-refractivity contribution >= 4 is 5.97 Å². The van der Waals surface area contributed by atoms with Crippen molar-refractivity contribution in [2.45, 2.75) is 6.10 Å². The highest BCUT2D eigenvalue weighted by atomic mass is 16.5. The van der Waals surface area contributed by atoms with Gasteiger partial charge in [0, 0.05) is 17.2 Å². The van der Waals surface area contributed by atoms with E-state index in [9.17, 15) is 15.0 Å². The number of ether oxygens (including phenoxy) is 1. The third-order valence-corrected chi connectivity index (χ3v) is 2.98. The van der Waals surface area contributed by atoms with Gasteiger partial charge in [0.1, 0.15) is 11.5 Å². The Kier molecular flexibility index (Phi) is 2.23. The van der Waals surface area contributed by atoms with E-state index in [-0.39, 0.29) is 11.5 Å². The predicted octanol–water partition coefficient (Wildman–Crippen LogP) is 2.36. The molecule has 4 heteroatoms. The molecule has 90 valence electrons. The third-order valence-electron chi connectivity index (χ3n) is 2.98. The van der Waals surface area contributed by atoms with E-state index in [1.54, 1.807) is 24.3 Å². The fourth-order valence-corrected chi connectivity index (χ4v) is 2.13. The van der Waals surface area contributed by atoms with Crippen molar-refractivity contribution in [1.29, 1.82) is 0 Å². The van der Waals surface area contributed by atoms with Crippen LogP contribution in [0.25, 0.3) is 0 Å². The third kappa shape index (κ3) is 1.50. The molecule has 1 atom stereocenters. The van der Waals surface area contributed by atoms with Gasteiger partial charge < -0.3 is 14.9 Å². The Hall–Kier alpha value is -2.49. The Labute approximate surface area is 103 Å². The lowest BCUT2D eigenvalue weighted by molar-refractivity contribution is 0.0453. The molecule has 0 aromatic heterocycles. The van der Waals surface area contributed by atoms with Gasteiger partial charge in [0.05, 0.1) is 5.56 Å². The number of carbonyl (C=O) groups excluding carboxylic acids is 1. The summed E-state index contributed by atoms with van der Waals surface area (Å²) in [4.78, 5) is 11.7. The lowest BCUT2D eigenvalue weighted by Gasteiger charge is -2.12. The molecule has 4 nitrogen and oxygen atoms in total. The molecule has 0 saturated carbocycles. The van der Waals surface area contributed by atoms with E-state index in [1.807, 2.05) is 6.07 Å². The molecule has 0 spiro atoms. The first-order valence-corrected chi connectivity index (χ1v) is 5.48. The fraction of sp³-hybridized carbons (Fsp3) is 0.0714. The molecule has 0 radical (unpaired) electrons. The van der Waals surface area contributed by atoms with Crippen LogP contribution in [-0.2, 0) is 4.74 Å². The highest BCUT2D eigenvalue weighted by Gasteiger charge is 2.33. The van der Waals surface area contributed by atoms with Crippen molar-refractivity contribution in [3.63, 3.8) is 0 Å². The van der Waals surface area contributed by atoms with Crippen LogP contribution in [0.15, 0.2) is 42.5 Å². The number of benzene rings is 2. The highest BCUT2D eigenvalue weighted by Crippen LogP contribution is 2.40. The summed E-state index contributed by atoms with van der Waals surface area (Å²) in [5.74, 6) is -0.526. The normalized spacial score (nSPS) is 17.3. The minimum absolute atomic E-state index is 0.0335. The van der Waals surface area contributed by atoms with Gasteiger partial charge >= 0.3 is 5.97 Å². The molecule has 1 heterocycles. The van der Waals surface area contributed by atoms with Crippen molar-refractivity contribution in [3.8, 4) is 11.5 Å². The lowest BCUT2D eigenvalue weighted by atomic mass is 9.98. The molecule has 0 aliphatic carbocycles. The van der Waals surface area contributed by atoms with Crippen LogP contribution in [-0.4, -0.2) is 16.2 Å². The predicted molar refractivity (Wildman–Crippen MR) is 63.5 cm³/mol. The second-order valence-electron chi connectivity index (χ2n) is 4.12. The summed E-state index contributed by atoms with van der Waals surface area (Å²) in [5.41, 5.74) is 1.70. The average molecular weight is 242 g/mol. The van der Waals surface area contributed by atoms with E-state index in [2.05, 4.69) is 0 Å². The van der Waals surface area contributed by atoms with Crippen LogP contribution in [0.4, 0.5) is 0 Å². The molecule has 0 fully saturated rings. The van der Waals surface area contributed by atoms with Crippen molar-refractivity contribution in [3.05, 3.63) is 59.2 Å². The van der Waals surface area contributed by atoms with Crippen LogP contribution in [0.3, 0.4) is 0 Å². The molecule has 0 unspecified atom stereocenters. The Morgan fingerprint density at radius 3 is 2.56 bits per heavy atom. The number of carbonyl (C=O) groups is 1. The maximum atomic E-state index is 11.7. The van der Waals surface area contributed by atoms with Gasteiger partial charge in [0.2, 0.25) is 0 Å². The SMILES string of the molecule is O=C1O[C@@H](c2ccc(O)cc2O)c2ccccc21. The second-order valence-corrected chi connectivity index (χ2v) is 4.12. The summed E-state index contributed by atoms with van der Waals surface area (Å²) in [6.07, 6.45) is -0.616. The van der Waals surface area contributed by atoms with Gasteiger partial charge in [-0.25, -0.2) is 4.79 Å². The molecular formula is C14H10O4. The fourth-order valence-electron chi connectivity index (χ4n) is 2.13. The van der Waals surface area contributed by atoms with Crippen LogP contribution >= 0.6 is 0 Å². The number of phenolic OH excluding ortho intramolecular Hbond substituents is 2. The van der Waals surface area contributed by atoms with Crippen molar-refractivity contribution in [2.75, 3.05) is 0 Å². The van der Waals surface area contributed by atoms with Gasteiger partial charge in [-0.05, 0) is 18.2 Å². The molecule has 1 aliphatic heterocycles. The van der Waals surface area contributed by atoms with Crippen molar-refractivity contribution in [1.82, 2.24) is 0 Å². The van der Waals surface area contributed by atoms with Crippen LogP contribution in [0.2, 0.25) is 0 Å². The molecule has 0 bridgehead atoms. The Balaban J connectivity index is 2.12. The molecule has 18 heavy (non-hydrogen) atoms. The maximum Gasteiger partial charge on any atom is 0.339 e. The molecule has 0 saturated heterocycles. The minimum atomic E-state index is -0.616. The van der Waals surface area contributed by atoms with Gasteiger partial charge in [-0.15, -0.1) is 0 Å². The zero-order valence-corrected chi connectivity index (χ0v) is 9.33. The number of fused-ring (bicyclic) bond motifs is 1. The largest absolute Gasteiger partial charge is 0.508 e. The van der Waals surface area contributed by atoms with E-state index in [4.69, 9.17) is 4.74 Å². The van der Waals surface area contributed by atoms with Crippen LogP contribution in [0, 0.1) is 0 Å². The van der Waals surface area contributed by atoms with E-state index in [0.717, 1.165) is 5.56 Å². The second kappa shape index (κ2) is 3.77. The van der Waals surface area contributed by atoms with Gasteiger partial charge in [0.15, 0.2) is 6.10 Å². The average Bonchev–Trinajstić information content (AvgIpc) is 2.68. The zero-order chi connectivity index (χ0) is 12.7. The summed E-state index contributed by atoms with van der Waals surface area (Å²) in [6, 6.07) is 11.3. The maximum absolute atomic E-state index is 11.7. The molecule has 2 aromatic rings. The van der Waals surface area contributed by atoms with E-state index in [1.165, 1.54) is 12.1 Å². The Morgan fingerprint density at radius 2 is 1.78 bits per heavy atom. The molecular weight excluding hydrogens is 232 g/mol. The topological polar surface area (TPSA) is 66.8 Å². The highest BCUT2D eigenvalue weighted by molar-refractivity contribution is 5.94. The summed E-state index contributed by atoms with van der Waals surface area (Å²) >= 11 is 0. The summed E-state index contributed by atoms with van der Waals surface area (Å²) in [5, 5.41) is 19.1. The monoisotopic (exact) mass is 242 g/mol. The number of cyclic esters (lactones) is 1. The number of hydrogen-bond acceptors (Lipinski definition) is 4. The molecule has 3 rings (SSSR count). The zero-order valence-electron chi connectivity index (χ0n) is 9.33. The van der Waals surface area contributed by atoms with E-state index < -0.39 is 12.1 Å². The quantitative estimate of drug-likeness (QED) is 0.753. The first-order chi connectivity index (χ1) is 8.66. The van der Waals surface area contributed by atoms with Crippen molar-refractivity contribution < 1.29 is 19.7 Å². The number of rotatable bonds is 1. The molecule has 2 aromatic carbocycles. The van der Waals surface area contributed by atoms with Gasteiger partial charge in [-0.2, -0.15) is 0 Å². The number of phenols is 2. The van der Waals surface area contributed by atoms with E-state index >= 15 is 0 Å². The standard InChI is InChI=1S/C14H10O4/c15-8-5-6-11(12(16)7-8)13-9-3-1-2-4-10(9)14(17)18-13/h1-7,13,15-16H/t13-/m1/s1. The summed E-state index contributed by atoms with van der Waals surface area (Å²) in [6.45, 7) is 0. The van der Waals surface area contributed by atoms with Crippen molar-refractivity contribution in [2.24, 2.45) is 0 Å². The first-order valence-electron chi connectivity index (χ1n) is 5.48. The Bertz CT molecular complexity index is 633. The Morgan fingerprint density at radius 1 is 1.00 bits per heavy atom. The smallest absolute Gasteiger partial charge is 0.339 e. The first kappa shape index (κ1) is 10.7. The molecule has 0 amide bonds. The summed E-state index contributed by atoms with van der Waals surface area (Å²) in [7, 11) is 0. The lowest BCUT2D eigenvalue weighted by Crippen LogP contribution is -2.00. The van der Waals surface area contributed by atoms with Crippen LogP contribution in [0.5, 0.6) is 11.5 Å². The van der Waals surface area contributed by atoms with Crippen LogP contribution < -0.4 is 0 Å². The minimum Gasteiger partial charge on any atom is -0.508 e. The van der Waals surface area contributed by atoms with Gasteiger partial charge in [-0.3, -0.25) is 0 Å². The van der Waals surface area contributed by atoms with Crippen LogP contribution in [0.1, 0.15) is 27.6 Å². The summed E-state index contributed by atoms with van der Waals surface area (Å²) < 4.78 is 5.26. The number of aromatic hydroxyl groups is 2. The molecule has 2 N–H and O–H groups in total.